The molecule has 0 unspecified atom stereocenters. The number of hydrogen-bond acceptors (Lipinski definition) is 4. The lowest BCUT2D eigenvalue weighted by molar-refractivity contribution is 0.102. The van der Waals surface area contributed by atoms with Crippen molar-refractivity contribution in [2.75, 3.05) is 5.32 Å². The molecule has 5 nitrogen and oxygen atoms in total. The van der Waals surface area contributed by atoms with Crippen LogP contribution in [0.2, 0.25) is 0 Å². The van der Waals surface area contributed by atoms with Gasteiger partial charge in [0.2, 0.25) is 0 Å². The fourth-order valence-corrected chi connectivity index (χ4v) is 3.90. The van der Waals surface area contributed by atoms with E-state index in [2.05, 4.69) is 21.4 Å². The monoisotopic (exact) mass is 398 g/mol. The van der Waals surface area contributed by atoms with E-state index in [9.17, 15) is 4.79 Å². The molecule has 0 atom stereocenters. The third-order valence-corrected chi connectivity index (χ3v) is 5.41. The van der Waals surface area contributed by atoms with Crippen LogP contribution in [-0.2, 0) is 12.2 Å². The second-order valence-electron chi connectivity index (χ2n) is 6.49. The van der Waals surface area contributed by atoms with Gasteiger partial charge in [-0.2, -0.15) is 5.26 Å². The molecule has 1 aromatic heterocycles. The molecule has 0 bridgehead atoms. The second kappa shape index (κ2) is 8.63. The maximum absolute atomic E-state index is 12.8. The van der Waals surface area contributed by atoms with Crippen molar-refractivity contribution in [2.45, 2.75) is 17.3 Å². The number of benzene rings is 3. The third kappa shape index (κ3) is 4.48. The predicted molar refractivity (Wildman–Crippen MR) is 116 cm³/mol. The molecular formula is C23H18N4OS. The standard InChI is InChI=1S/C23H18N4OS/c24-14-13-16-9-11-18(12-10-16)25-22(28)19-6-2-1-5-17(19)15-29-23-26-20-7-3-4-8-21(20)27-23/h1-12H,13,15H2,(H,25,28)(H,26,27). The lowest BCUT2D eigenvalue weighted by Crippen LogP contribution is -2.14. The van der Waals surface area contributed by atoms with Crippen LogP contribution in [0, 0.1) is 11.3 Å². The number of hydrogen-bond donors (Lipinski definition) is 2. The van der Waals surface area contributed by atoms with E-state index < -0.39 is 0 Å². The number of para-hydroxylation sites is 2. The van der Waals surface area contributed by atoms with Gasteiger partial charge in [0.05, 0.1) is 23.5 Å². The first-order valence-electron chi connectivity index (χ1n) is 9.15. The van der Waals surface area contributed by atoms with E-state index in [1.54, 1.807) is 11.8 Å². The Labute approximate surface area is 172 Å². The summed E-state index contributed by atoms with van der Waals surface area (Å²) in [5.74, 6) is 0.476. The second-order valence-corrected chi connectivity index (χ2v) is 7.45. The minimum Gasteiger partial charge on any atom is -0.333 e. The van der Waals surface area contributed by atoms with Crippen LogP contribution >= 0.6 is 11.8 Å². The summed E-state index contributed by atoms with van der Waals surface area (Å²) in [6, 6.07) is 24.9. The zero-order valence-electron chi connectivity index (χ0n) is 15.6. The van der Waals surface area contributed by atoms with Crippen LogP contribution in [0.15, 0.2) is 78.0 Å². The topological polar surface area (TPSA) is 81.6 Å². The predicted octanol–water partition coefficient (Wildman–Crippen LogP) is 5.17. The molecule has 0 saturated carbocycles. The molecular weight excluding hydrogens is 380 g/mol. The van der Waals surface area contributed by atoms with Gasteiger partial charge in [0.15, 0.2) is 5.16 Å². The normalized spacial score (nSPS) is 10.6. The van der Waals surface area contributed by atoms with Crippen molar-refractivity contribution in [3.8, 4) is 6.07 Å². The van der Waals surface area contributed by atoms with E-state index in [1.165, 1.54) is 0 Å². The van der Waals surface area contributed by atoms with E-state index in [0.29, 0.717) is 23.4 Å². The van der Waals surface area contributed by atoms with Gasteiger partial charge in [-0.3, -0.25) is 4.79 Å². The number of aromatic amines is 1. The summed E-state index contributed by atoms with van der Waals surface area (Å²) in [4.78, 5) is 20.7. The summed E-state index contributed by atoms with van der Waals surface area (Å²) in [5.41, 5.74) is 5.14. The zero-order valence-corrected chi connectivity index (χ0v) is 16.4. The highest BCUT2D eigenvalue weighted by Crippen LogP contribution is 2.25. The lowest BCUT2D eigenvalue weighted by atomic mass is 10.1. The fourth-order valence-electron chi connectivity index (χ4n) is 3.01. The molecule has 0 fully saturated rings. The highest BCUT2D eigenvalue weighted by molar-refractivity contribution is 7.98. The highest BCUT2D eigenvalue weighted by atomic mass is 32.2. The van der Waals surface area contributed by atoms with Gasteiger partial charge in [-0.25, -0.2) is 4.98 Å². The molecule has 0 spiro atoms. The summed E-state index contributed by atoms with van der Waals surface area (Å²) in [5, 5.41) is 12.5. The maximum Gasteiger partial charge on any atom is 0.255 e. The van der Waals surface area contributed by atoms with Gasteiger partial charge in [-0.15, -0.1) is 0 Å². The molecule has 4 aromatic rings. The van der Waals surface area contributed by atoms with Crippen molar-refractivity contribution in [3.63, 3.8) is 0 Å². The van der Waals surface area contributed by atoms with Crippen LogP contribution in [0.1, 0.15) is 21.5 Å². The number of rotatable bonds is 6. The summed E-state index contributed by atoms with van der Waals surface area (Å²) < 4.78 is 0. The van der Waals surface area contributed by atoms with Gasteiger partial charge in [0, 0.05) is 17.0 Å². The molecule has 3 aromatic carbocycles. The van der Waals surface area contributed by atoms with E-state index in [1.807, 2.05) is 72.8 Å². The van der Waals surface area contributed by atoms with Gasteiger partial charge < -0.3 is 10.3 Å². The molecule has 2 N–H and O–H groups in total. The Bertz CT molecular complexity index is 1160. The highest BCUT2D eigenvalue weighted by Gasteiger charge is 2.12. The Morgan fingerprint density at radius 1 is 1.03 bits per heavy atom. The van der Waals surface area contributed by atoms with Crippen LogP contribution in [0.25, 0.3) is 11.0 Å². The van der Waals surface area contributed by atoms with E-state index in [4.69, 9.17) is 5.26 Å². The van der Waals surface area contributed by atoms with Gasteiger partial charge >= 0.3 is 0 Å². The number of amides is 1. The quantitative estimate of drug-likeness (QED) is 0.439. The maximum atomic E-state index is 12.8. The first-order valence-corrected chi connectivity index (χ1v) is 10.1. The average molecular weight is 398 g/mol. The molecule has 0 radical (unpaired) electrons. The van der Waals surface area contributed by atoms with E-state index in [-0.39, 0.29) is 5.91 Å². The van der Waals surface area contributed by atoms with E-state index >= 15 is 0 Å². The fraction of sp³-hybridized carbons (Fsp3) is 0.0870. The molecule has 0 aliphatic heterocycles. The third-order valence-electron chi connectivity index (χ3n) is 4.49. The minimum absolute atomic E-state index is 0.154. The van der Waals surface area contributed by atoms with Crippen LogP contribution < -0.4 is 5.32 Å². The number of H-pyrrole nitrogens is 1. The van der Waals surface area contributed by atoms with Gasteiger partial charge in [-0.05, 0) is 41.5 Å². The molecule has 0 saturated heterocycles. The molecule has 6 heteroatoms. The Morgan fingerprint density at radius 2 is 1.79 bits per heavy atom. The summed E-state index contributed by atoms with van der Waals surface area (Å²) in [6.45, 7) is 0. The molecule has 0 aliphatic rings. The number of carbonyl (C=O) groups is 1. The number of fused-ring (bicyclic) bond motifs is 1. The first kappa shape index (κ1) is 18.8. The van der Waals surface area contributed by atoms with Crippen LogP contribution in [0.5, 0.6) is 0 Å². The van der Waals surface area contributed by atoms with Gasteiger partial charge in [0.1, 0.15) is 0 Å². The largest absolute Gasteiger partial charge is 0.333 e. The Kier molecular flexibility index (Phi) is 5.59. The average Bonchev–Trinajstić information content (AvgIpc) is 3.17. The Morgan fingerprint density at radius 3 is 2.59 bits per heavy atom. The Hall–Kier alpha value is -3.56. The van der Waals surface area contributed by atoms with Gasteiger partial charge in [-0.1, -0.05) is 54.2 Å². The molecule has 0 aliphatic carbocycles. The smallest absolute Gasteiger partial charge is 0.255 e. The summed E-state index contributed by atoms with van der Waals surface area (Å²) in [7, 11) is 0. The number of nitrogens with one attached hydrogen (secondary N) is 2. The van der Waals surface area contributed by atoms with Crippen molar-refractivity contribution in [2.24, 2.45) is 0 Å². The molecule has 1 heterocycles. The lowest BCUT2D eigenvalue weighted by Gasteiger charge is -2.10. The number of aromatic nitrogens is 2. The van der Waals surface area contributed by atoms with Crippen LogP contribution in [0.4, 0.5) is 5.69 Å². The van der Waals surface area contributed by atoms with E-state index in [0.717, 1.165) is 27.3 Å². The Balaban J connectivity index is 1.47. The number of carbonyl (C=O) groups excluding carboxylic acids is 1. The number of anilines is 1. The van der Waals surface area contributed by atoms with Crippen molar-refractivity contribution in [1.82, 2.24) is 9.97 Å². The van der Waals surface area contributed by atoms with Crippen molar-refractivity contribution < 1.29 is 4.79 Å². The van der Waals surface area contributed by atoms with Crippen molar-refractivity contribution in [3.05, 3.63) is 89.5 Å². The van der Waals surface area contributed by atoms with Crippen molar-refractivity contribution in [1.29, 1.82) is 5.26 Å². The minimum atomic E-state index is -0.154. The van der Waals surface area contributed by atoms with Crippen molar-refractivity contribution >= 4 is 34.4 Å². The number of nitrogens with zero attached hydrogens (tertiary/aromatic N) is 2. The summed E-state index contributed by atoms with van der Waals surface area (Å²) in [6.07, 6.45) is 0.357. The number of imidazole rings is 1. The summed E-state index contributed by atoms with van der Waals surface area (Å²) >= 11 is 1.57. The van der Waals surface area contributed by atoms with Crippen LogP contribution in [0.3, 0.4) is 0 Å². The van der Waals surface area contributed by atoms with Crippen LogP contribution in [-0.4, -0.2) is 15.9 Å². The first-order chi connectivity index (χ1) is 14.2. The molecule has 142 valence electrons. The molecule has 1 amide bonds. The number of nitriles is 1. The van der Waals surface area contributed by atoms with Gasteiger partial charge in [0.25, 0.3) is 5.91 Å². The molecule has 29 heavy (non-hydrogen) atoms. The SMILES string of the molecule is N#CCc1ccc(NC(=O)c2ccccc2CSc2nc3ccccc3[nH]2)cc1. The molecule has 4 rings (SSSR count). The zero-order chi connectivity index (χ0) is 20.1. The number of thioether (sulfide) groups is 1.